The molecule has 12 aromatic rings. The minimum absolute atomic E-state index is 0.138. The number of para-hydroxylation sites is 3. The number of nitrogens with zero attached hydrogens (tertiary/aromatic N) is 3. The average molecular weight is 936 g/mol. The molecule has 0 atom stereocenters. The Morgan fingerprint density at radius 1 is 0.288 bits per heavy atom. The van der Waals surface area contributed by atoms with Crippen molar-refractivity contribution >= 4 is 66.7 Å². The molecule has 1 heterocycles. The maximum atomic E-state index is 2.47. The van der Waals surface area contributed by atoms with E-state index >= 15 is 0 Å². The van der Waals surface area contributed by atoms with E-state index in [1.54, 1.807) is 0 Å². The molecule has 0 N–H and O–H groups in total. The van der Waals surface area contributed by atoms with Gasteiger partial charge in [-0.2, -0.15) is 0 Å². The monoisotopic (exact) mass is 935 g/mol. The Balaban J connectivity index is 0.868. The Morgan fingerprint density at radius 3 is 1.40 bits per heavy atom. The van der Waals surface area contributed by atoms with E-state index in [1.807, 2.05) is 0 Å². The molecular weight excluding hydrogens is 883 g/mol. The summed E-state index contributed by atoms with van der Waals surface area (Å²) < 4.78 is 2.45. The predicted octanol–water partition coefficient (Wildman–Crippen LogP) is 19.2. The summed E-state index contributed by atoms with van der Waals surface area (Å²) in [6.45, 7) is 9.55. The van der Waals surface area contributed by atoms with Crippen molar-refractivity contribution in [3.05, 3.63) is 271 Å². The van der Waals surface area contributed by atoms with Crippen LogP contribution in [0.25, 0.3) is 71.6 Å². The second-order valence-corrected chi connectivity index (χ2v) is 21.0. The number of rotatable bonds is 8. The number of hydrogen-bond donors (Lipinski definition) is 0. The van der Waals surface area contributed by atoms with Crippen LogP contribution in [0.3, 0.4) is 0 Å². The highest BCUT2D eigenvalue weighted by atomic mass is 15.2. The summed E-state index contributed by atoms with van der Waals surface area (Å²) in [7, 11) is 0. The summed E-state index contributed by atoms with van der Waals surface area (Å²) in [4.78, 5) is 4.79. The Labute approximate surface area is 427 Å². The fraction of sp³-hybridized carbons (Fsp3) is 0.0857. The van der Waals surface area contributed by atoms with Crippen LogP contribution in [0.15, 0.2) is 249 Å². The first-order chi connectivity index (χ1) is 35.7. The van der Waals surface area contributed by atoms with E-state index in [0.29, 0.717) is 0 Å². The first kappa shape index (κ1) is 42.9. The molecule has 0 fully saturated rings. The first-order valence-electron chi connectivity index (χ1n) is 25.6. The highest BCUT2D eigenvalue weighted by Crippen LogP contribution is 2.54. The molecule has 1 aromatic heterocycles. The van der Waals surface area contributed by atoms with Gasteiger partial charge in [-0.1, -0.05) is 173 Å². The largest absolute Gasteiger partial charge is 0.311 e. The van der Waals surface area contributed by atoms with E-state index in [4.69, 9.17) is 0 Å². The lowest BCUT2D eigenvalue weighted by Crippen LogP contribution is -2.18. The smallest absolute Gasteiger partial charge is 0.0541 e. The van der Waals surface area contributed by atoms with Gasteiger partial charge in [0.2, 0.25) is 0 Å². The molecule has 2 aliphatic carbocycles. The first-order valence-corrected chi connectivity index (χ1v) is 25.6. The Bertz CT molecular complexity index is 4100. The van der Waals surface area contributed by atoms with Gasteiger partial charge in [0.15, 0.2) is 0 Å². The van der Waals surface area contributed by atoms with Gasteiger partial charge in [0.05, 0.1) is 16.7 Å². The molecule has 0 unspecified atom stereocenters. The molecule has 11 aromatic carbocycles. The molecule has 73 heavy (non-hydrogen) atoms. The van der Waals surface area contributed by atoms with Gasteiger partial charge in [-0.15, -0.1) is 0 Å². The molecular formula is C70H53N3. The minimum atomic E-state index is -0.256. The quantitative estimate of drug-likeness (QED) is 0.150. The average Bonchev–Trinajstić information content (AvgIpc) is 3.97. The van der Waals surface area contributed by atoms with Crippen molar-refractivity contribution in [2.24, 2.45) is 0 Å². The summed E-state index contributed by atoms with van der Waals surface area (Å²) in [5.74, 6) is 0. The molecule has 14 rings (SSSR count). The van der Waals surface area contributed by atoms with Gasteiger partial charge in [-0.3, -0.25) is 0 Å². The summed E-state index contributed by atoms with van der Waals surface area (Å²) >= 11 is 0. The highest BCUT2D eigenvalue weighted by Gasteiger charge is 2.38. The summed E-state index contributed by atoms with van der Waals surface area (Å²) in [5, 5.41) is 5.01. The van der Waals surface area contributed by atoms with Crippen LogP contribution >= 0.6 is 0 Å². The van der Waals surface area contributed by atoms with Crippen molar-refractivity contribution in [2.45, 2.75) is 38.5 Å². The normalized spacial score (nSPS) is 13.7. The standard InChI is InChI=1S/C70H53N3/c1-69(2)62-27-15-13-25-56(62)58-39-36-53(44-64(58)69)72(52-34-32-51(33-35-52)71(49-20-7-5-8-21-49)50-22-9-6-10-23-50)54-37-40-59-57-38-30-48(43-63(57)70(3,4)65(59)45-54)47-31-41-68-61(42-47)60-26-14-16-28-67(60)73(68)66-29-17-19-46-18-11-12-24-55(46)66/h5-45H,1-4H3. The third-order valence-electron chi connectivity index (χ3n) is 16.2. The van der Waals surface area contributed by atoms with Crippen LogP contribution in [0, 0.1) is 0 Å². The zero-order valence-electron chi connectivity index (χ0n) is 41.5. The number of aromatic nitrogens is 1. The van der Waals surface area contributed by atoms with Crippen LogP contribution in [0.2, 0.25) is 0 Å². The fourth-order valence-electron chi connectivity index (χ4n) is 12.5. The molecule has 0 saturated heterocycles. The van der Waals surface area contributed by atoms with Crippen LogP contribution in [0.1, 0.15) is 49.9 Å². The van der Waals surface area contributed by atoms with E-state index < -0.39 is 0 Å². The van der Waals surface area contributed by atoms with Gasteiger partial charge >= 0.3 is 0 Å². The van der Waals surface area contributed by atoms with Gasteiger partial charge in [0.1, 0.15) is 0 Å². The lowest BCUT2D eigenvalue weighted by molar-refractivity contribution is 0.660. The molecule has 0 radical (unpaired) electrons. The molecule has 3 nitrogen and oxygen atoms in total. The van der Waals surface area contributed by atoms with Gasteiger partial charge in [0, 0.05) is 61.1 Å². The molecule has 0 saturated carbocycles. The van der Waals surface area contributed by atoms with E-state index in [-0.39, 0.29) is 10.8 Å². The minimum Gasteiger partial charge on any atom is -0.311 e. The van der Waals surface area contributed by atoms with Gasteiger partial charge < -0.3 is 14.4 Å². The Morgan fingerprint density at radius 2 is 0.726 bits per heavy atom. The molecule has 0 aliphatic heterocycles. The van der Waals surface area contributed by atoms with Gasteiger partial charge in [0.25, 0.3) is 0 Å². The van der Waals surface area contributed by atoms with Gasteiger partial charge in [-0.05, 0) is 164 Å². The van der Waals surface area contributed by atoms with E-state index in [2.05, 4.69) is 291 Å². The molecule has 0 spiro atoms. The van der Waals surface area contributed by atoms with Crippen molar-refractivity contribution in [2.75, 3.05) is 9.80 Å². The molecule has 0 amide bonds. The van der Waals surface area contributed by atoms with E-state index in [1.165, 1.54) is 93.9 Å². The summed E-state index contributed by atoms with van der Waals surface area (Å²) in [6.07, 6.45) is 0. The maximum Gasteiger partial charge on any atom is 0.0541 e. The molecule has 3 heteroatoms. The zero-order chi connectivity index (χ0) is 49.0. The highest BCUT2D eigenvalue weighted by molar-refractivity contribution is 6.12. The maximum absolute atomic E-state index is 2.47. The van der Waals surface area contributed by atoms with Crippen molar-refractivity contribution in [3.8, 4) is 39.1 Å². The second kappa shape index (κ2) is 16.3. The number of hydrogen-bond acceptors (Lipinski definition) is 2. The van der Waals surface area contributed by atoms with Crippen molar-refractivity contribution in [3.63, 3.8) is 0 Å². The third-order valence-corrected chi connectivity index (χ3v) is 16.2. The SMILES string of the molecule is CC1(C)c2ccccc2-c2ccc(N(c3ccc(N(c4ccccc4)c4ccccc4)cc3)c3ccc4c(c3)C(C)(C)c3cc(-c5ccc6c(c5)c5ccccc5n6-c5cccc6ccccc56)ccc3-4)cc21. The van der Waals surface area contributed by atoms with Crippen LogP contribution < -0.4 is 9.80 Å². The number of anilines is 6. The molecule has 2 aliphatic rings. The lowest BCUT2D eigenvalue weighted by atomic mass is 9.81. The Hall–Kier alpha value is -8.92. The van der Waals surface area contributed by atoms with Crippen LogP contribution in [-0.4, -0.2) is 4.57 Å². The van der Waals surface area contributed by atoms with Gasteiger partial charge in [-0.25, -0.2) is 0 Å². The van der Waals surface area contributed by atoms with Crippen molar-refractivity contribution in [1.82, 2.24) is 4.57 Å². The predicted molar refractivity (Wildman–Crippen MR) is 308 cm³/mol. The lowest BCUT2D eigenvalue weighted by Gasteiger charge is -2.30. The number of benzene rings is 11. The third kappa shape index (κ3) is 6.65. The van der Waals surface area contributed by atoms with Crippen LogP contribution in [0.5, 0.6) is 0 Å². The molecule has 348 valence electrons. The fourth-order valence-corrected chi connectivity index (χ4v) is 12.5. The topological polar surface area (TPSA) is 11.4 Å². The van der Waals surface area contributed by atoms with Crippen molar-refractivity contribution in [1.29, 1.82) is 0 Å². The van der Waals surface area contributed by atoms with Crippen LogP contribution in [0.4, 0.5) is 34.1 Å². The summed E-state index contributed by atoms with van der Waals surface area (Å²) in [6, 6.07) is 92.0. The van der Waals surface area contributed by atoms with Crippen molar-refractivity contribution < 1.29 is 0 Å². The van der Waals surface area contributed by atoms with E-state index in [9.17, 15) is 0 Å². The summed E-state index contributed by atoms with van der Waals surface area (Å²) in [5.41, 5.74) is 23.1. The van der Waals surface area contributed by atoms with E-state index in [0.717, 1.165) is 34.1 Å². The Kier molecular flexibility index (Phi) is 9.59. The molecule has 0 bridgehead atoms. The number of fused-ring (bicyclic) bond motifs is 10. The zero-order valence-corrected chi connectivity index (χ0v) is 41.5. The van der Waals surface area contributed by atoms with Crippen LogP contribution in [-0.2, 0) is 10.8 Å². The second-order valence-electron chi connectivity index (χ2n) is 21.0.